The van der Waals surface area contributed by atoms with Gasteiger partial charge in [0.25, 0.3) is 5.91 Å². The molecular weight excluding hydrogens is 280 g/mol. The van der Waals surface area contributed by atoms with E-state index in [0.29, 0.717) is 18.0 Å². The topological polar surface area (TPSA) is 33.2 Å². The quantitative estimate of drug-likeness (QED) is 0.746. The molecule has 0 radical (unpaired) electrons. The summed E-state index contributed by atoms with van der Waals surface area (Å²) >= 11 is 1.61. The SMILES string of the molecule is CCCCc1nc(C)c(C(=O)N(C2CC2)C(C)C(C)C)s1. The van der Waals surface area contributed by atoms with Gasteiger partial charge in [0.05, 0.1) is 10.7 Å². The highest BCUT2D eigenvalue weighted by Gasteiger charge is 2.38. The zero-order valence-electron chi connectivity index (χ0n) is 14.0. The number of thiazole rings is 1. The van der Waals surface area contributed by atoms with Crippen LogP contribution in [-0.4, -0.2) is 27.9 Å². The second kappa shape index (κ2) is 6.91. The van der Waals surface area contributed by atoms with Gasteiger partial charge in [-0.05, 0) is 45.4 Å². The van der Waals surface area contributed by atoms with Gasteiger partial charge in [0.15, 0.2) is 0 Å². The van der Waals surface area contributed by atoms with E-state index in [2.05, 4.69) is 37.6 Å². The van der Waals surface area contributed by atoms with E-state index in [4.69, 9.17) is 0 Å². The molecule has 0 aliphatic heterocycles. The van der Waals surface area contributed by atoms with Crippen molar-refractivity contribution < 1.29 is 4.79 Å². The minimum atomic E-state index is 0.205. The molecule has 1 amide bonds. The largest absolute Gasteiger partial charge is 0.332 e. The van der Waals surface area contributed by atoms with Crippen LogP contribution in [0.4, 0.5) is 0 Å². The van der Waals surface area contributed by atoms with E-state index >= 15 is 0 Å². The van der Waals surface area contributed by atoms with Crippen LogP contribution in [-0.2, 0) is 6.42 Å². The Hall–Kier alpha value is -0.900. The number of rotatable bonds is 7. The van der Waals surface area contributed by atoms with Crippen LogP contribution in [0.1, 0.15) is 73.8 Å². The monoisotopic (exact) mass is 308 g/mol. The Morgan fingerprint density at radius 2 is 2.05 bits per heavy atom. The number of carbonyl (C=O) groups excluding carboxylic acids is 1. The van der Waals surface area contributed by atoms with Crippen molar-refractivity contribution in [1.29, 1.82) is 0 Å². The third-order valence-electron chi connectivity index (χ3n) is 4.36. The molecule has 1 aromatic rings. The van der Waals surface area contributed by atoms with Gasteiger partial charge < -0.3 is 4.90 Å². The van der Waals surface area contributed by atoms with Crippen LogP contribution >= 0.6 is 11.3 Å². The van der Waals surface area contributed by atoms with Crippen LogP contribution in [0.5, 0.6) is 0 Å². The minimum Gasteiger partial charge on any atom is -0.332 e. The van der Waals surface area contributed by atoms with Gasteiger partial charge in [0.2, 0.25) is 0 Å². The van der Waals surface area contributed by atoms with Gasteiger partial charge >= 0.3 is 0 Å². The summed E-state index contributed by atoms with van der Waals surface area (Å²) in [5.41, 5.74) is 0.915. The van der Waals surface area contributed by atoms with Crippen molar-refractivity contribution >= 4 is 17.2 Å². The summed E-state index contributed by atoms with van der Waals surface area (Å²) in [6.45, 7) is 10.7. The molecule has 1 aromatic heterocycles. The summed E-state index contributed by atoms with van der Waals surface area (Å²) in [5, 5.41) is 1.12. The lowest BCUT2D eigenvalue weighted by molar-refractivity contribution is 0.0632. The molecule has 0 bridgehead atoms. The molecule has 118 valence electrons. The van der Waals surface area contributed by atoms with Crippen molar-refractivity contribution in [3.63, 3.8) is 0 Å². The first kappa shape index (κ1) is 16.5. The zero-order valence-corrected chi connectivity index (χ0v) is 14.8. The average molecular weight is 308 g/mol. The van der Waals surface area contributed by atoms with Gasteiger partial charge in [-0.2, -0.15) is 0 Å². The standard InChI is InChI=1S/C17H28N2OS/c1-6-7-8-15-18-12(4)16(21-15)17(20)19(14-9-10-14)13(5)11(2)3/h11,13-14H,6-10H2,1-5H3. The van der Waals surface area contributed by atoms with E-state index in [-0.39, 0.29) is 5.91 Å². The predicted octanol–water partition coefficient (Wildman–Crippen LogP) is 4.44. The van der Waals surface area contributed by atoms with E-state index < -0.39 is 0 Å². The van der Waals surface area contributed by atoms with Crippen molar-refractivity contribution in [3.8, 4) is 0 Å². The minimum absolute atomic E-state index is 0.205. The first-order valence-corrected chi connectivity index (χ1v) is 9.06. The maximum atomic E-state index is 13.0. The normalized spacial score (nSPS) is 16.3. The first-order valence-electron chi connectivity index (χ1n) is 8.24. The fourth-order valence-electron chi connectivity index (χ4n) is 2.56. The molecule has 1 aliphatic rings. The Morgan fingerprint density at radius 3 is 2.57 bits per heavy atom. The molecule has 0 spiro atoms. The molecule has 4 heteroatoms. The average Bonchev–Trinajstić information content (AvgIpc) is 3.19. The molecule has 0 saturated heterocycles. The summed E-state index contributed by atoms with van der Waals surface area (Å²) in [5.74, 6) is 0.693. The molecule has 0 N–H and O–H groups in total. The summed E-state index contributed by atoms with van der Waals surface area (Å²) in [6, 6.07) is 0.751. The second-order valence-electron chi connectivity index (χ2n) is 6.55. The lowest BCUT2D eigenvalue weighted by atomic mass is 10.0. The highest BCUT2D eigenvalue weighted by atomic mass is 32.1. The number of unbranched alkanes of at least 4 members (excludes halogenated alkanes) is 1. The van der Waals surface area contributed by atoms with Gasteiger partial charge in [-0.25, -0.2) is 4.98 Å². The molecule has 2 rings (SSSR count). The van der Waals surface area contributed by atoms with Crippen molar-refractivity contribution in [2.75, 3.05) is 0 Å². The number of hydrogen-bond acceptors (Lipinski definition) is 3. The maximum Gasteiger partial charge on any atom is 0.266 e. The molecule has 1 aliphatic carbocycles. The molecule has 0 aromatic carbocycles. The Balaban J connectivity index is 2.18. The highest BCUT2D eigenvalue weighted by Crippen LogP contribution is 2.33. The summed E-state index contributed by atoms with van der Waals surface area (Å²) < 4.78 is 0. The van der Waals surface area contributed by atoms with Crippen LogP contribution in [0.25, 0.3) is 0 Å². The molecule has 1 atom stereocenters. The summed E-state index contributed by atoms with van der Waals surface area (Å²) in [6.07, 6.45) is 5.63. The van der Waals surface area contributed by atoms with E-state index in [9.17, 15) is 4.79 Å². The maximum absolute atomic E-state index is 13.0. The van der Waals surface area contributed by atoms with Crippen molar-refractivity contribution in [1.82, 2.24) is 9.88 Å². The van der Waals surface area contributed by atoms with Crippen LogP contribution in [0, 0.1) is 12.8 Å². The molecular formula is C17H28N2OS. The van der Waals surface area contributed by atoms with Crippen LogP contribution in [0.2, 0.25) is 0 Å². The number of hydrogen-bond donors (Lipinski definition) is 0. The molecule has 3 nitrogen and oxygen atoms in total. The number of amides is 1. The number of aromatic nitrogens is 1. The zero-order chi connectivity index (χ0) is 15.6. The fourth-order valence-corrected chi connectivity index (χ4v) is 3.61. The lowest BCUT2D eigenvalue weighted by Crippen LogP contribution is -2.43. The number of nitrogens with zero attached hydrogens (tertiary/aromatic N) is 2. The smallest absolute Gasteiger partial charge is 0.266 e. The first-order chi connectivity index (χ1) is 9.95. The van der Waals surface area contributed by atoms with E-state index in [1.807, 2.05) is 6.92 Å². The molecule has 1 fully saturated rings. The Kier molecular flexibility index (Phi) is 5.42. The van der Waals surface area contributed by atoms with E-state index in [1.54, 1.807) is 11.3 Å². The van der Waals surface area contributed by atoms with Crippen LogP contribution < -0.4 is 0 Å². The summed E-state index contributed by atoms with van der Waals surface area (Å²) in [7, 11) is 0. The van der Waals surface area contributed by atoms with Gasteiger partial charge in [0, 0.05) is 12.1 Å². The third kappa shape index (κ3) is 3.85. The molecule has 1 saturated carbocycles. The van der Waals surface area contributed by atoms with Gasteiger partial charge in [-0.3, -0.25) is 4.79 Å². The van der Waals surface area contributed by atoms with Crippen molar-refractivity contribution in [2.24, 2.45) is 5.92 Å². The third-order valence-corrected chi connectivity index (χ3v) is 5.56. The van der Waals surface area contributed by atoms with Gasteiger partial charge in [-0.1, -0.05) is 27.2 Å². The molecule has 21 heavy (non-hydrogen) atoms. The summed E-state index contributed by atoms with van der Waals surface area (Å²) in [4.78, 5) is 20.6. The Labute approximate surface area is 132 Å². The van der Waals surface area contributed by atoms with Gasteiger partial charge in [0.1, 0.15) is 4.88 Å². The molecule has 1 heterocycles. The Morgan fingerprint density at radius 1 is 1.38 bits per heavy atom. The fraction of sp³-hybridized carbons (Fsp3) is 0.765. The van der Waals surface area contributed by atoms with Crippen LogP contribution in [0.3, 0.4) is 0 Å². The van der Waals surface area contributed by atoms with Crippen LogP contribution in [0.15, 0.2) is 0 Å². The van der Waals surface area contributed by atoms with Crippen molar-refractivity contribution in [3.05, 3.63) is 15.6 Å². The molecule has 1 unspecified atom stereocenters. The highest BCUT2D eigenvalue weighted by molar-refractivity contribution is 7.13. The predicted molar refractivity (Wildman–Crippen MR) is 89.0 cm³/mol. The van der Waals surface area contributed by atoms with E-state index in [1.165, 1.54) is 6.42 Å². The van der Waals surface area contributed by atoms with Gasteiger partial charge in [-0.15, -0.1) is 11.3 Å². The second-order valence-corrected chi connectivity index (χ2v) is 7.64. The van der Waals surface area contributed by atoms with E-state index in [0.717, 1.165) is 41.3 Å². The lowest BCUT2D eigenvalue weighted by Gasteiger charge is -2.31. The number of aryl methyl sites for hydroxylation is 2. The van der Waals surface area contributed by atoms with Crippen molar-refractivity contribution in [2.45, 2.75) is 78.8 Å². The Bertz CT molecular complexity index is 491. The number of carbonyl (C=O) groups is 1.